The first kappa shape index (κ1) is 25.6. The van der Waals surface area contributed by atoms with Crippen LogP contribution in [-0.4, -0.2) is 39.9 Å². The second kappa shape index (κ2) is 10.8. The number of nitrogens with one attached hydrogen (secondary N) is 1. The van der Waals surface area contributed by atoms with E-state index in [1.54, 1.807) is 0 Å². The van der Waals surface area contributed by atoms with E-state index in [1.807, 2.05) is 104 Å². The number of hydrogen-bond acceptors (Lipinski definition) is 4. The van der Waals surface area contributed by atoms with Gasteiger partial charge in [0.2, 0.25) is 11.8 Å². The molecule has 3 aromatic carbocycles. The zero-order valence-electron chi connectivity index (χ0n) is 21.4. The lowest BCUT2D eigenvalue weighted by Crippen LogP contribution is -2.57. The van der Waals surface area contributed by atoms with E-state index in [-0.39, 0.29) is 18.2 Å². The number of unbranched alkanes of at least 4 members (excludes halogenated alkanes) is 1. The Bertz CT molecular complexity index is 1340. The van der Waals surface area contributed by atoms with Crippen molar-refractivity contribution in [2.45, 2.75) is 37.8 Å². The molecular weight excluding hydrogens is 476 g/mol. The molecular formula is C32H32N2O4. The van der Waals surface area contributed by atoms with E-state index in [1.165, 1.54) is 4.90 Å². The Morgan fingerprint density at radius 1 is 0.895 bits per heavy atom. The number of carbonyl (C=O) groups is 3. The van der Waals surface area contributed by atoms with Crippen molar-refractivity contribution in [3.63, 3.8) is 0 Å². The first-order valence-electron chi connectivity index (χ1n) is 13.2. The number of carbonyl (C=O) groups excluding carboxylic acids is 2. The summed E-state index contributed by atoms with van der Waals surface area (Å²) in [6.07, 6.45) is 5.67. The van der Waals surface area contributed by atoms with Gasteiger partial charge in [-0.05, 0) is 28.7 Å². The topological polar surface area (TPSA) is 86.7 Å². The highest BCUT2D eigenvalue weighted by atomic mass is 16.4. The number of likely N-dealkylation sites (tertiary alicyclic amines) is 1. The first-order chi connectivity index (χ1) is 18.4. The number of carboxylic acid groups (broad SMARTS) is 1. The Morgan fingerprint density at radius 3 is 2.11 bits per heavy atom. The molecule has 5 rings (SSSR count). The highest BCUT2D eigenvalue weighted by molar-refractivity contribution is 6.09. The summed E-state index contributed by atoms with van der Waals surface area (Å²) in [6, 6.07) is 26.5. The average molecular weight is 509 g/mol. The van der Waals surface area contributed by atoms with Gasteiger partial charge in [0.05, 0.1) is 11.8 Å². The summed E-state index contributed by atoms with van der Waals surface area (Å²) in [4.78, 5) is 41.5. The zero-order chi connectivity index (χ0) is 26.7. The number of carboxylic acids is 1. The van der Waals surface area contributed by atoms with Gasteiger partial charge in [-0.25, -0.2) is 0 Å². The van der Waals surface area contributed by atoms with E-state index < -0.39 is 29.4 Å². The Hall–Kier alpha value is -4.03. The van der Waals surface area contributed by atoms with Crippen molar-refractivity contribution >= 4 is 29.9 Å². The third kappa shape index (κ3) is 4.68. The van der Waals surface area contributed by atoms with Crippen LogP contribution in [0.5, 0.6) is 0 Å². The number of nitrogens with zero attached hydrogens (tertiary/aromatic N) is 1. The molecule has 0 saturated carbocycles. The van der Waals surface area contributed by atoms with Gasteiger partial charge in [-0.2, -0.15) is 0 Å². The van der Waals surface area contributed by atoms with E-state index in [4.69, 9.17) is 0 Å². The predicted octanol–water partition coefficient (Wildman–Crippen LogP) is 4.97. The van der Waals surface area contributed by atoms with Crippen molar-refractivity contribution in [2.24, 2.45) is 11.8 Å². The van der Waals surface area contributed by atoms with Crippen molar-refractivity contribution in [3.8, 4) is 0 Å². The highest BCUT2D eigenvalue weighted by Crippen LogP contribution is 2.50. The van der Waals surface area contributed by atoms with Crippen LogP contribution in [0.25, 0.3) is 12.2 Å². The molecule has 2 N–H and O–H groups in total. The molecule has 2 heterocycles. The number of benzene rings is 3. The summed E-state index contributed by atoms with van der Waals surface area (Å²) in [5.74, 6) is -3.53. The number of rotatable bonds is 9. The molecule has 0 aromatic heterocycles. The molecule has 0 radical (unpaired) electrons. The van der Waals surface area contributed by atoms with Gasteiger partial charge >= 0.3 is 5.97 Å². The summed E-state index contributed by atoms with van der Waals surface area (Å²) in [5.41, 5.74) is 2.09. The lowest BCUT2D eigenvalue weighted by molar-refractivity contribution is -0.151. The molecule has 0 spiro atoms. The van der Waals surface area contributed by atoms with Crippen LogP contribution < -0.4 is 5.32 Å². The van der Waals surface area contributed by atoms with Crippen LogP contribution in [0, 0.1) is 11.8 Å². The van der Waals surface area contributed by atoms with Crippen molar-refractivity contribution in [2.75, 3.05) is 6.54 Å². The lowest BCUT2D eigenvalue weighted by Gasteiger charge is -2.31. The fourth-order valence-corrected chi connectivity index (χ4v) is 5.81. The summed E-state index contributed by atoms with van der Waals surface area (Å²) in [7, 11) is 0. The van der Waals surface area contributed by atoms with Gasteiger partial charge in [-0.15, -0.1) is 0 Å². The molecule has 194 valence electrons. The molecule has 4 unspecified atom stereocenters. The number of fused-ring (bicyclic) bond motifs is 1. The van der Waals surface area contributed by atoms with E-state index in [0.717, 1.165) is 28.7 Å². The Kier molecular flexibility index (Phi) is 7.25. The SMILES string of the molecule is CCCCN1C(=O)C2C(c3ccc(/C=C/c4ccccc4)cc3)NC(Cc3ccccc3)(C(=O)O)C2C1=O. The van der Waals surface area contributed by atoms with Crippen LogP contribution in [0.1, 0.15) is 48.1 Å². The van der Waals surface area contributed by atoms with Gasteiger partial charge in [0.1, 0.15) is 5.54 Å². The van der Waals surface area contributed by atoms with Gasteiger partial charge in [0.25, 0.3) is 0 Å². The smallest absolute Gasteiger partial charge is 0.325 e. The van der Waals surface area contributed by atoms with Gasteiger partial charge in [0, 0.05) is 19.0 Å². The Morgan fingerprint density at radius 2 is 1.50 bits per heavy atom. The van der Waals surface area contributed by atoms with Gasteiger partial charge in [-0.3, -0.25) is 24.6 Å². The largest absolute Gasteiger partial charge is 0.480 e. The highest BCUT2D eigenvalue weighted by Gasteiger charge is 2.68. The quantitative estimate of drug-likeness (QED) is 0.315. The first-order valence-corrected chi connectivity index (χ1v) is 13.2. The maximum atomic E-state index is 13.7. The molecule has 38 heavy (non-hydrogen) atoms. The van der Waals surface area contributed by atoms with E-state index in [9.17, 15) is 19.5 Å². The third-order valence-corrected chi connectivity index (χ3v) is 7.75. The fraction of sp³-hybridized carbons (Fsp3) is 0.281. The number of imide groups is 1. The minimum absolute atomic E-state index is 0.110. The minimum atomic E-state index is -1.59. The Balaban J connectivity index is 1.50. The van der Waals surface area contributed by atoms with Crippen LogP contribution in [0.3, 0.4) is 0 Å². The molecule has 2 fully saturated rings. The molecule has 2 aliphatic heterocycles. The van der Waals surface area contributed by atoms with E-state index >= 15 is 0 Å². The summed E-state index contributed by atoms with van der Waals surface area (Å²) >= 11 is 0. The van der Waals surface area contributed by atoms with Crippen molar-refractivity contribution in [3.05, 3.63) is 107 Å². The van der Waals surface area contributed by atoms with Crippen molar-refractivity contribution < 1.29 is 19.5 Å². The normalized spacial score (nSPS) is 24.8. The molecule has 2 saturated heterocycles. The monoisotopic (exact) mass is 508 g/mol. The Labute approximate surface area is 223 Å². The summed E-state index contributed by atoms with van der Waals surface area (Å²) < 4.78 is 0. The minimum Gasteiger partial charge on any atom is -0.480 e. The average Bonchev–Trinajstić information content (AvgIpc) is 3.41. The number of aliphatic carboxylic acids is 1. The van der Waals surface area contributed by atoms with Crippen molar-refractivity contribution in [1.82, 2.24) is 10.2 Å². The number of hydrogen-bond donors (Lipinski definition) is 2. The van der Waals surface area contributed by atoms with Crippen LogP contribution in [-0.2, 0) is 20.8 Å². The van der Waals surface area contributed by atoms with Crippen LogP contribution in [0.2, 0.25) is 0 Å². The molecule has 0 aliphatic carbocycles. The molecule has 6 nitrogen and oxygen atoms in total. The molecule has 6 heteroatoms. The van der Waals surface area contributed by atoms with Crippen LogP contribution in [0.15, 0.2) is 84.9 Å². The van der Waals surface area contributed by atoms with Crippen molar-refractivity contribution in [1.29, 1.82) is 0 Å². The predicted molar refractivity (Wildman–Crippen MR) is 147 cm³/mol. The molecule has 3 aromatic rings. The third-order valence-electron chi connectivity index (χ3n) is 7.75. The standard InChI is InChI=1S/C32H32N2O4/c1-2-3-20-34-29(35)26-27(30(34)36)32(31(37)38,21-24-12-8-5-9-13-24)33-28(26)25-18-16-23(17-19-25)15-14-22-10-6-4-7-11-22/h4-19,26-28,33H,2-3,20-21H2,1H3,(H,37,38)/b15-14+. The zero-order valence-corrected chi connectivity index (χ0v) is 21.4. The van der Waals surface area contributed by atoms with Gasteiger partial charge < -0.3 is 5.11 Å². The van der Waals surface area contributed by atoms with Crippen LogP contribution >= 0.6 is 0 Å². The summed E-state index contributed by atoms with van der Waals surface area (Å²) in [6.45, 7) is 2.32. The van der Waals surface area contributed by atoms with Gasteiger partial charge in [-0.1, -0.05) is 110 Å². The van der Waals surface area contributed by atoms with Crippen LogP contribution in [0.4, 0.5) is 0 Å². The number of amides is 2. The summed E-state index contributed by atoms with van der Waals surface area (Å²) in [5, 5.41) is 13.9. The molecule has 2 amide bonds. The second-order valence-corrected chi connectivity index (χ2v) is 10.2. The second-order valence-electron chi connectivity index (χ2n) is 10.2. The molecule has 0 bridgehead atoms. The molecule has 4 atom stereocenters. The molecule has 2 aliphatic rings. The fourth-order valence-electron chi connectivity index (χ4n) is 5.81. The maximum absolute atomic E-state index is 13.7. The maximum Gasteiger partial charge on any atom is 0.325 e. The van der Waals surface area contributed by atoms with E-state index in [0.29, 0.717) is 13.0 Å². The van der Waals surface area contributed by atoms with Gasteiger partial charge in [0.15, 0.2) is 0 Å². The van der Waals surface area contributed by atoms with E-state index in [2.05, 4.69) is 5.32 Å². The lowest BCUT2D eigenvalue weighted by atomic mass is 9.76.